The summed E-state index contributed by atoms with van der Waals surface area (Å²) >= 11 is 0. The van der Waals surface area contributed by atoms with Crippen LogP contribution in [-0.4, -0.2) is 29.1 Å². The number of hydrogen-bond donors (Lipinski definition) is 1. The molecule has 0 aliphatic carbocycles. The standard InChI is InChI=1S/C11H12N2O3/c14-11-12-8-3-1-2-4-9(8)13(11)7-10-15-5-6-16-10/h1-4,10H,5-7H2,(H,12,14). The molecule has 1 aliphatic rings. The number of aromatic nitrogens is 2. The van der Waals surface area contributed by atoms with Gasteiger partial charge in [-0.05, 0) is 12.1 Å². The van der Waals surface area contributed by atoms with Gasteiger partial charge in [0.05, 0.1) is 30.8 Å². The van der Waals surface area contributed by atoms with Crippen LogP contribution >= 0.6 is 0 Å². The Morgan fingerprint density at radius 3 is 2.88 bits per heavy atom. The van der Waals surface area contributed by atoms with Crippen LogP contribution in [0.3, 0.4) is 0 Å². The molecule has 84 valence electrons. The molecule has 1 aliphatic heterocycles. The number of rotatable bonds is 2. The number of benzene rings is 1. The molecule has 5 heteroatoms. The van der Waals surface area contributed by atoms with Gasteiger partial charge in [0, 0.05) is 0 Å². The summed E-state index contributed by atoms with van der Waals surface area (Å²) in [7, 11) is 0. The first-order valence-electron chi connectivity index (χ1n) is 5.25. The lowest BCUT2D eigenvalue weighted by Crippen LogP contribution is -2.25. The first kappa shape index (κ1) is 9.62. The van der Waals surface area contributed by atoms with Crippen molar-refractivity contribution in [3.63, 3.8) is 0 Å². The van der Waals surface area contributed by atoms with Crippen molar-refractivity contribution >= 4 is 11.0 Å². The zero-order chi connectivity index (χ0) is 11.0. The minimum Gasteiger partial charge on any atom is -0.348 e. The molecule has 1 aromatic carbocycles. The van der Waals surface area contributed by atoms with E-state index in [-0.39, 0.29) is 12.0 Å². The maximum Gasteiger partial charge on any atom is 0.326 e. The largest absolute Gasteiger partial charge is 0.348 e. The smallest absolute Gasteiger partial charge is 0.326 e. The Morgan fingerprint density at radius 2 is 2.06 bits per heavy atom. The lowest BCUT2D eigenvalue weighted by Gasteiger charge is -2.09. The van der Waals surface area contributed by atoms with Crippen LogP contribution in [0.2, 0.25) is 0 Å². The minimum absolute atomic E-state index is 0.125. The molecule has 0 radical (unpaired) electrons. The summed E-state index contributed by atoms with van der Waals surface area (Å²) in [6.45, 7) is 1.63. The van der Waals surface area contributed by atoms with Crippen molar-refractivity contribution < 1.29 is 9.47 Å². The number of H-pyrrole nitrogens is 1. The molecule has 0 saturated carbocycles. The number of fused-ring (bicyclic) bond motifs is 1. The third-order valence-electron chi connectivity index (χ3n) is 2.70. The van der Waals surface area contributed by atoms with Gasteiger partial charge in [-0.25, -0.2) is 4.79 Å². The van der Waals surface area contributed by atoms with Crippen LogP contribution in [0.5, 0.6) is 0 Å². The average Bonchev–Trinajstić information content (AvgIpc) is 2.89. The van der Waals surface area contributed by atoms with E-state index in [4.69, 9.17) is 9.47 Å². The van der Waals surface area contributed by atoms with E-state index >= 15 is 0 Å². The zero-order valence-corrected chi connectivity index (χ0v) is 8.68. The normalized spacial score (nSPS) is 17.2. The SMILES string of the molecule is O=c1[nH]c2ccccc2n1CC1OCCO1. The zero-order valence-electron chi connectivity index (χ0n) is 8.68. The van der Waals surface area contributed by atoms with Crippen molar-refractivity contribution in [1.82, 2.24) is 9.55 Å². The molecular weight excluding hydrogens is 208 g/mol. The van der Waals surface area contributed by atoms with E-state index < -0.39 is 0 Å². The molecule has 3 rings (SSSR count). The number of imidazole rings is 1. The van der Waals surface area contributed by atoms with Crippen molar-refractivity contribution in [2.45, 2.75) is 12.8 Å². The summed E-state index contributed by atoms with van der Waals surface area (Å²) in [4.78, 5) is 14.5. The molecule has 2 heterocycles. The molecule has 0 atom stereocenters. The summed E-state index contributed by atoms with van der Waals surface area (Å²) < 4.78 is 12.3. The van der Waals surface area contributed by atoms with Gasteiger partial charge < -0.3 is 14.5 Å². The molecule has 1 saturated heterocycles. The summed E-state index contributed by atoms with van der Waals surface area (Å²) in [5, 5.41) is 0. The van der Waals surface area contributed by atoms with Gasteiger partial charge in [-0.15, -0.1) is 0 Å². The van der Waals surface area contributed by atoms with Crippen LogP contribution in [0.1, 0.15) is 0 Å². The topological polar surface area (TPSA) is 56.2 Å². The number of ether oxygens (including phenoxy) is 2. The Kier molecular flexibility index (Phi) is 2.27. The van der Waals surface area contributed by atoms with E-state index in [0.29, 0.717) is 19.8 Å². The molecule has 1 fully saturated rings. The first-order valence-corrected chi connectivity index (χ1v) is 5.25. The Labute approximate surface area is 91.6 Å². The van der Waals surface area contributed by atoms with Crippen LogP contribution in [0, 0.1) is 0 Å². The maximum absolute atomic E-state index is 11.7. The molecule has 5 nitrogen and oxygen atoms in total. The van der Waals surface area contributed by atoms with Gasteiger partial charge in [0.2, 0.25) is 0 Å². The van der Waals surface area contributed by atoms with Crippen molar-refractivity contribution in [2.24, 2.45) is 0 Å². The molecule has 0 unspecified atom stereocenters. The molecule has 0 spiro atoms. The highest BCUT2D eigenvalue weighted by molar-refractivity contribution is 5.74. The fourth-order valence-corrected chi connectivity index (χ4v) is 1.95. The van der Waals surface area contributed by atoms with Gasteiger partial charge in [-0.3, -0.25) is 4.57 Å². The fourth-order valence-electron chi connectivity index (χ4n) is 1.95. The number of nitrogens with one attached hydrogen (secondary N) is 1. The predicted molar refractivity (Wildman–Crippen MR) is 58.3 cm³/mol. The summed E-state index contributed by atoms with van der Waals surface area (Å²) in [5.74, 6) is 0. The van der Waals surface area contributed by atoms with Gasteiger partial charge in [-0.1, -0.05) is 12.1 Å². The lowest BCUT2D eigenvalue weighted by atomic mass is 10.3. The van der Waals surface area contributed by atoms with E-state index in [9.17, 15) is 4.79 Å². The molecule has 0 bridgehead atoms. The number of hydrogen-bond acceptors (Lipinski definition) is 3. The van der Waals surface area contributed by atoms with E-state index in [1.165, 1.54) is 0 Å². The lowest BCUT2D eigenvalue weighted by molar-refractivity contribution is -0.0523. The third-order valence-corrected chi connectivity index (χ3v) is 2.70. The van der Waals surface area contributed by atoms with Gasteiger partial charge >= 0.3 is 5.69 Å². The second kappa shape index (κ2) is 3.77. The van der Waals surface area contributed by atoms with Crippen molar-refractivity contribution in [3.8, 4) is 0 Å². The first-order chi connectivity index (χ1) is 7.84. The summed E-state index contributed by atoms with van der Waals surface area (Å²) in [6.07, 6.45) is -0.308. The van der Waals surface area contributed by atoms with Gasteiger partial charge in [0.15, 0.2) is 6.29 Å². The Hall–Kier alpha value is -1.59. The van der Waals surface area contributed by atoms with Crippen LogP contribution in [0.15, 0.2) is 29.1 Å². The van der Waals surface area contributed by atoms with Crippen LogP contribution < -0.4 is 5.69 Å². The van der Waals surface area contributed by atoms with E-state index in [1.807, 2.05) is 24.3 Å². The summed E-state index contributed by atoms with van der Waals surface area (Å²) in [6, 6.07) is 7.58. The molecule has 1 N–H and O–H groups in total. The second-order valence-corrected chi connectivity index (χ2v) is 3.73. The van der Waals surface area contributed by atoms with Gasteiger partial charge in [0.25, 0.3) is 0 Å². The van der Waals surface area contributed by atoms with E-state index in [1.54, 1.807) is 4.57 Å². The van der Waals surface area contributed by atoms with Crippen molar-refractivity contribution in [2.75, 3.05) is 13.2 Å². The second-order valence-electron chi connectivity index (χ2n) is 3.73. The highest BCUT2D eigenvalue weighted by Gasteiger charge is 2.18. The van der Waals surface area contributed by atoms with Crippen LogP contribution in [0.25, 0.3) is 11.0 Å². The predicted octanol–water partition coefficient (Wildman–Crippen LogP) is 0.702. The molecule has 2 aromatic rings. The third kappa shape index (κ3) is 1.54. The molecule has 16 heavy (non-hydrogen) atoms. The number of aromatic amines is 1. The molecule has 0 amide bonds. The van der Waals surface area contributed by atoms with Crippen LogP contribution in [-0.2, 0) is 16.0 Å². The Bertz CT molecular complexity index is 552. The fraction of sp³-hybridized carbons (Fsp3) is 0.364. The molecular formula is C11H12N2O3. The quantitative estimate of drug-likeness (QED) is 0.810. The van der Waals surface area contributed by atoms with Gasteiger partial charge in [0.1, 0.15) is 0 Å². The Morgan fingerprint density at radius 1 is 1.31 bits per heavy atom. The van der Waals surface area contributed by atoms with Crippen LogP contribution in [0.4, 0.5) is 0 Å². The number of nitrogens with zero attached hydrogens (tertiary/aromatic N) is 1. The highest BCUT2D eigenvalue weighted by atomic mass is 16.7. The Balaban J connectivity index is 2.01. The van der Waals surface area contributed by atoms with E-state index in [2.05, 4.69) is 4.98 Å². The maximum atomic E-state index is 11.7. The van der Waals surface area contributed by atoms with E-state index in [0.717, 1.165) is 11.0 Å². The van der Waals surface area contributed by atoms with Crippen molar-refractivity contribution in [1.29, 1.82) is 0 Å². The minimum atomic E-state index is -0.308. The van der Waals surface area contributed by atoms with Crippen molar-refractivity contribution in [3.05, 3.63) is 34.7 Å². The monoisotopic (exact) mass is 220 g/mol. The van der Waals surface area contributed by atoms with Gasteiger partial charge in [-0.2, -0.15) is 0 Å². The summed E-state index contributed by atoms with van der Waals surface area (Å²) in [5.41, 5.74) is 1.59. The average molecular weight is 220 g/mol. The number of para-hydroxylation sites is 2. The highest BCUT2D eigenvalue weighted by Crippen LogP contribution is 2.12. The molecule has 1 aromatic heterocycles.